The van der Waals surface area contributed by atoms with Gasteiger partial charge >= 0.3 is 0 Å². The lowest BCUT2D eigenvalue weighted by atomic mass is 10.1. The molecular weight excluding hydrogens is 338 g/mol. The summed E-state index contributed by atoms with van der Waals surface area (Å²) in [7, 11) is 0. The first-order valence-electron chi connectivity index (χ1n) is 9.30. The van der Waals surface area contributed by atoms with Gasteiger partial charge in [0.25, 0.3) is 0 Å². The summed E-state index contributed by atoms with van der Waals surface area (Å²) in [5.74, 6) is 2.32. The lowest BCUT2D eigenvalue weighted by Gasteiger charge is -2.13. The van der Waals surface area contributed by atoms with Crippen molar-refractivity contribution in [3.05, 3.63) is 72.6 Å². The highest BCUT2D eigenvalue weighted by atomic mass is 16.5. The second kappa shape index (κ2) is 8.18. The number of nitrogens with one attached hydrogen (secondary N) is 1. The van der Waals surface area contributed by atoms with Gasteiger partial charge in [-0.05, 0) is 48.6 Å². The van der Waals surface area contributed by atoms with Gasteiger partial charge in [0.15, 0.2) is 0 Å². The summed E-state index contributed by atoms with van der Waals surface area (Å²) in [4.78, 5) is 8.60. The zero-order valence-corrected chi connectivity index (χ0v) is 15.1. The first-order chi connectivity index (χ1) is 13.3. The van der Waals surface area contributed by atoms with Crippen molar-refractivity contribution in [2.75, 3.05) is 18.5 Å². The molecule has 0 aliphatic heterocycles. The van der Waals surface area contributed by atoms with Crippen LogP contribution in [-0.4, -0.2) is 28.2 Å². The maximum atomic E-state index is 10.3. The van der Waals surface area contributed by atoms with Crippen LogP contribution in [0.2, 0.25) is 0 Å². The van der Waals surface area contributed by atoms with E-state index in [4.69, 9.17) is 4.74 Å². The van der Waals surface area contributed by atoms with Gasteiger partial charge in [0, 0.05) is 18.2 Å². The molecule has 0 radical (unpaired) electrons. The molecule has 0 unspecified atom stereocenters. The van der Waals surface area contributed by atoms with Crippen molar-refractivity contribution in [2.24, 2.45) is 5.92 Å². The molecule has 1 aliphatic rings. The number of benzene rings is 2. The minimum atomic E-state index is -0.590. The van der Waals surface area contributed by atoms with Crippen LogP contribution in [0, 0.1) is 5.92 Å². The van der Waals surface area contributed by atoms with Crippen LogP contribution in [-0.2, 0) is 0 Å². The zero-order chi connectivity index (χ0) is 18.5. The average molecular weight is 361 g/mol. The fourth-order valence-corrected chi connectivity index (χ4v) is 2.83. The van der Waals surface area contributed by atoms with Gasteiger partial charge in [-0.3, -0.25) is 0 Å². The number of rotatable bonds is 8. The van der Waals surface area contributed by atoms with Gasteiger partial charge in [-0.2, -0.15) is 0 Å². The largest absolute Gasteiger partial charge is 0.493 e. The van der Waals surface area contributed by atoms with Crippen molar-refractivity contribution in [3.63, 3.8) is 0 Å². The fraction of sp³-hybridized carbons (Fsp3) is 0.273. The van der Waals surface area contributed by atoms with Crippen molar-refractivity contribution < 1.29 is 9.84 Å². The highest BCUT2D eigenvalue weighted by Gasteiger charge is 2.21. The molecule has 1 aromatic heterocycles. The third kappa shape index (κ3) is 4.83. The van der Waals surface area contributed by atoms with Crippen LogP contribution in [0.25, 0.3) is 11.3 Å². The van der Waals surface area contributed by atoms with Crippen molar-refractivity contribution in [2.45, 2.75) is 18.9 Å². The van der Waals surface area contributed by atoms with Gasteiger partial charge in [0.2, 0.25) is 0 Å². The predicted octanol–water partition coefficient (Wildman–Crippen LogP) is 4.08. The topological polar surface area (TPSA) is 67.3 Å². The number of hydrogen-bond acceptors (Lipinski definition) is 5. The van der Waals surface area contributed by atoms with Crippen molar-refractivity contribution in [1.29, 1.82) is 0 Å². The average Bonchev–Trinajstić information content (AvgIpc) is 3.56. The number of aliphatic hydroxyl groups is 1. The van der Waals surface area contributed by atoms with E-state index in [0.717, 1.165) is 35.1 Å². The Kier molecular flexibility index (Phi) is 5.30. The summed E-state index contributed by atoms with van der Waals surface area (Å²) in [6.45, 7) is 1.19. The van der Waals surface area contributed by atoms with E-state index in [1.165, 1.54) is 19.2 Å². The molecule has 27 heavy (non-hydrogen) atoms. The molecule has 0 saturated heterocycles. The van der Waals surface area contributed by atoms with E-state index >= 15 is 0 Å². The number of nitrogens with zero attached hydrogens (tertiary/aromatic N) is 2. The maximum Gasteiger partial charge on any atom is 0.130 e. The first kappa shape index (κ1) is 17.5. The molecule has 1 fully saturated rings. The highest BCUT2D eigenvalue weighted by molar-refractivity contribution is 5.62. The number of ether oxygens (including phenoxy) is 1. The van der Waals surface area contributed by atoms with Gasteiger partial charge in [-0.1, -0.05) is 30.3 Å². The van der Waals surface area contributed by atoms with E-state index in [-0.39, 0.29) is 0 Å². The monoisotopic (exact) mass is 361 g/mol. The van der Waals surface area contributed by atoms with Crippen LogP contribution in [0.3, 0.4) is 0 Å². The summed E-state index contributed by atoms with van der Waals surface area (Å²) < 4.78 is 5.78. The SMILES string of the molecule is O[C@@H](CNc1cc(-c2ccc(OCC3CC3)cc2)ncn1)c1ccccc1. The molecule has 4 rings (SSSR count). The Bertz CT molecular complexity index is 864. The molecule has 1 atom stereocenters. The molecule has 2 N–H and O–H groups in total. The molecule has 1 saturated carbocycles. The van der Waals surface area contributed by atoms with Crippen molar-refractivity contribution in [3.8, 4) is 17.0 Å². The summed E-state index contributed by atoms with van der Waals surface area (Å²) in [5.41, 5.74) is 2.71. The predicted molar refractivity (Wildman–Crippen MR) is 106 cm³/mol. The van der Waals surface area contributed by atoms with Crippen molar-refractivity contribution in [1.82, 2.24) is 9.97 Å². The van der Waals surface area contributed by atoms with Gasteiger partial charge in [0.05, 0.1) is 18.4 Å². The smallest absolute Gasteiger partial charge is 0.130 e. The van der Waals surface area contributed by atoms with E-state index in [2.05, 4.69) is 15.3 Å². The normalized spacial score (nSPS) is 14.6. The first-order valence-corrected chi connectivity index (χ1v) is 9.30. The lowest BCUT2D eigenvalue weighted by molar-refractivity contribution is 0.191. The molecule has 138 valence electrons. The lowest BCUT2D eigenvalue weighted by Crippen LogP contribution is -2.13. The van der Waals surface area contributed by atoms with Crippen LogP contribution in [0.5, 0.6) is 5.75 Å². The Labute approximate surface area is 159 Å². The van der Waals surface area contributed by atoms with E-state index in [1.54, 1.807) is 0 Å². The van der Waals surface area contributed by atoms with Crippen molar-refractivity contribution >= 4 is 5.82 Å². The van der Waals surface area contributed by atoms with E-state index in [1.807, 2.05) is 60.7 Å². The Hall–Kier alpha value is -2.92. The second-order valence-corrected chi connectivity index (χ2v) is 6.87. The number of aliphatic hydroxyl groups excluding tert-OH is 1. The number of anilines is 1. The standard InChI is InChI=1S/C22H23N3O2/c26-21(18-4-2-1-3-5-18)13-23-22-12-20(24-15-25-22)17-8-10-19(11-9-17)27-14-16-6-7-16/h1-5,8-12,15-16,21,26H,6-7,13-14H2,(H,23,24,25)/t21-/m0/s1. The molecule has 1 heterocycles. The zero-order valence-electron chi connectivity index (χ0n) is 15.1. The highest BCUT2D eigenvalue weighted by Crippen LogP contribution is 2.30. The Morgan fingerprint density at radius 3 is 2.56 bits per heavy atom. The van der Waals surface area contributed by atoms with Crippen LogP contribution < -0.4 is 10.1 Å². The van der Waals surface area contributed by atoms with E-state index < -0.39 is 6.10 Å². The number of hydrogen-bond donors (Lipinski definition) is 2. The van der Waals surface area contributed by atoms with Gasteiger partial charge in [0.1, 0.15) is 17.9 Å². The summed E-state index contributed by atoms with van der Waals surface area (Å²) >= 11 is 0. The minimum absolute atomic E-state index is 0.383. The molecule has 3 aromatic rings. The maximum absolute atomic E-state index is 10.3. The quantitative estimate of drug-likeness (QED) is 0.633. The molecule has 1 aliphatic carbocycles. The van der Waals surface area contributed by atoms with Crippen LogP contribution in [0.15, 0.2) is 67.0 Å². The molecular formula is C22H23N3O2. The number of aromatic nitrogens is 2. The molecule has 2 aromatic carbocycles. The molecule has 0 amide bonds. The minimum Gasteiger partial charge on any atom is -0.493 e. The van der Waals surface area contributed by atoms with Crippen LogP contribution >= 0.6 is 0 Å². The van der Waals surface area contributed by atoms with Gasteiger partial charge < -0.3 is 15.2 Å². The van der Waals surface area contributed by atoms with E-state index in [9.17, 15) is 5.11 Å². The summed E-state index contributed by atoms with van der Waals surface area (Å²) in [6.07, 6.45) is 3.51. The Morgan fingerprint density at radius 2 is 1.81 bits per heavy atom. The van der Waals surface area contributed by atoms with Gasteiger partial charge in [-0.15, -0.1) is 0 Å². The molecule has 5 nitrogen and oxygen atoms in total. The Balaban J connectivity index is 1.38. The summed E-state index contributed by atoms with van der Waals surface area (Å²) in [5, 5.41) is 13.5. The summed E-state index contributed by atoms with van der Waals surface area (Å²) in [6, 6.07) is 19.4. The molecule has 0 bridgehead atoms. The van der Waals surface area contributed by atoms with Crippen LogP contribution in [0.1, 0.15) is 24.5 Å². The Morgan fingerprint density at radius 1 is 1.04 bits per heavy atom. The molecule has 5 heteroatoms. The third-order valence-electron chi connectivity index (χ3n) is 4.66. The second-order valence-electron chi connectivity index (χ2n) is 6.87. The van der Waals surface area contributed by atoms with Crippen LogP contribution in [0.4, 0.5) is 5.82 Å². The molecule has 0 spiro atoms. The van der Waals surface area contributed by atoms with Gasteiger partial charge in [-0.25, -0.2) is 9.97 Å². The van der Waals surface area contributed by atoms with E-state index in [0.29, 0.717) is 12.4 Å². The fourth-order valence-electron chi connectivity index (χ4n) is 2.83. The third-order valence-corrected chi connectivity index (χ3v) is 4.66.